The number of nitrogens with zero attached hydrogens (tertiary/aromatic N) is 3. The summed E-state index contributed by atoms with van der Waals surface area (Å²) in [5.41, 5.74) is -0.148. The molecule has 1 aromatic heterocycles. The Morgan fingerprint density at radius 1 is 0.960 bits per heavy atom. The number of rotatable bonds is 7. The van der Waals surface area contributed by atoms with Crippen molar-refractivity contribution in [2.24, 2.45) is 0 Å². The number of halogens is 2. The van der Waals surface area contributed by atoms with Crippen LogP contribution in [0.5, 0.6) is 0 Å². The van der Waals surface area contributed by atoms with Crippen LogP contribution in [0, 0.1) is 30.6 Å². The second-order valence-electron chi connectivity index (χ2n) is 4.30. The zero-order valence-corrected chi connectivity index (χ0v) is 17.3. The molecule has 0 saturated carbocycles. The molecule has 1 heterocycles. The van der Waals surface area contributed by atoms with Gasteiger partial charge in [0.25, 0.3) is 5.56 Å². The zero-order chi connectivity index (χ0) is 19.1. The molecule has 10 nitrogen and oxygen atoms in total. The minimum absolute atomic E-state index is 0. The van der Waals surface area contributed by atoms with E-state index in [0.717, 1.165) is 13.0 Å². The number of hydrogen-bond donors (Lipinski definition) is 0. The molecule has 0 fully saturated rings. The van der Waals surface area contributed by atoms with Crippen LogP contribution in [0.4, 0.5) is 0 Å². The molecule has 25 heavy (non-hydrogen) atoms. The van der Waals surface area contributed by atoms with Gasteiger partial charge in [-0.25, -0.2) is 0 Å². The largest absolute Gasteiger partial charge is 2.00 e. The summed E-state index contributed by atoms with van der Waals surface area (Å²) in [7, 11) is 0. The summed E-state index contributed by atoms with van der Waals surface area (Å²) in [4.78, 5) is 28.0. The van der Waals surface area contributed by atoms with E-state index < -0.39 is 10.2 Å². The molecule has 0 unspecified atom stereocenters. The van der Waals surface area contributed by atoms with Crippen molar-refractivity contribution in [3.05, 3.63) is 50.4 Å². The topological polar surface area (TPSA) is 154 Å². The minimum Gasteiger partial charge on any atom is -0.356 e. The van der Waals surface area contributed by atoms with E-state index in [1.807, 2.05) is 0 Å². The third-order valence-corrected chi connectivity index (χ3v) is 4.38. The fourth-order valence-corrected chi connectivity index (χ4v) is 2.90. The third-order valence-electron chi connectivity index (χ3n) is 2.49. The van der Waals surface area contributed by atoms with Crippen molar-refractivity contribution in [1.29, 1.82) is 0 Å². The molecular weight excluding hydrogens is 413 g/mol. The van der Waals surface area contributed by atoms with Crippen molar-refractivity contribution in [3.8, 4) is 0 Å². The van der Waals surface area contributed by atoms with E-state index in [-0.39, 0.29) is 33.6 Å². The maximum Gasteiger partial charge on any atom is 2.00 e. The molecule has 0 aliphatic carbocycles. The average molecular weight is 431 g/mol. The van der Waals surface area contributed by atoms with E-state index in [2.05, 4.69) is 6.92 Å². The quantitative estimate of drug-likeness (QED) is 0.276. The second kappa shape index (κ2) is 18.0. The Bertz CT molecular complexity index is 536. The Labute approximate surface area is 173 Å². The monoisotopic (exact) mass is 429 g/mol. The summed E-state index contributed by atoms with van der Waals surface area (Å²) in [6.07, 6.45) is 7.29. The molecule has 140 valence electrons. The van der Waals surface area contributed by atoms with Gasteiger partial charge in [0.15, 0.2) is 0 Å². The van der Waals surface area contributed by atoms with Crippen LogP contribution in [0.25, 0.3) is 0 Å². The summed E-state index contributed by atoms with van der Waals surface area (Å²) in [5.74, 6) is 0. The van der Waals surface area contributed by atoms with Gasteiger partial charge in [0.05, 0.1) is 10.2 Å². The Morgan fingerprint density at radius 3 is 1.72 bits per heavy atom. The molecule has 0 aliphatic rings. The summed E-state index contributed by atoms with van der Waals surface area (Å²) < 4.78 is 2.04. The van der Waals surface area contributed by atoms with E-state index in [1.54, 1.807) is 3.96 Å². The number of hydrogen-bond acceptors (Lipinski definition) is 8. The van der Waals surface area contributed by atoms with Crippen molar-refractivity contribution in [2.75, 3.05) is 0 Å². The van der Waals surface area contributed by atoms with Crippen molar-refractivity contribution in [2.45, 2.75) is 52.0 Å². The Hall–Kier alpha value is -0.824. The predicted molar refractivity (Wildman–Crippen MR) is 98.5 cm³/mol. The maximum atomic E-state index is 11.5. The van der Waals surface area contributed by atoms with Crippen LogP contribution in [0.1, 0.15) is 45.4 Å². The molecule has 0 aliphatic heterocycles. The Balaban J connectivity index is -0.000000454. The molecule has 0 N–H and O–H groups in total. The first kappa shape index (κ1) is 29.0. The summed E-state index contributed by atoms with van der Waals surface area (Å²) in [6.45, 7) is 2.94. The second-order valence-corrected chi connectivity index (χ2v) is 6.31. The average Bonchev–Trinajstić information content (AvgIpc) is 2.69. The fraction of sp³-hybridized carbons (Fsp3) is 0.727. The molecule has 0 radical (unpaired) electrons. The molecule has 0 spiro atoms. The molecule has 0 atom stereocenters. The SMILES string of the molecule is CCCCCCCCn1sc(Cl)c(Cl)c1=O.O=[N+]([O-])[O-].O=[N+]([O-])[O-].[Mg+2]. The van der Waals surface area contributed by atoms with Gasteiger partial charge in [-0.15, -0.1) is 0 Å². The summed E-state index contributed by atoms with van der Waals surface area (Å²) >= 11 is 12.8. The summed E-state index contributed by atoms with van der Waals surface area (Å²) in [6, 6.07) is 0. The van der Waals surface area contributed by atoms with E-state index in [4.69, 9.17) is 53.8 Å². The Morgan fingerprint density at radius 2 is 1.36 bits per heavy atom. The standard InChI is InChI=1S/C11H17Cl2NOS.Mg.2NO3/c1-2-3-4-5-6-7-8-14-11(15)9(12)10(13)16-14;;2*2-1(3)4/h2-8H2,1H3;;;/q;+2;2*-1. The van der Waals surface area contributed by atoms with Gasteiger partial charge in [0.2, 0.25) is 0 Å². The van der Waals surface area contributed by atoms with Gasteiger partial charge < -0.3 is 30.6 Å². The van der Waals surface area contributed by atoms with Crippen molar-refractivity contribution in [1.82, 2.24) is 3.96 Å². The normalized spacial score (nSPS) is 8.92. The van der Waals surface area contributed by atoms with Gasteiger partial charge in [0.1, 0.15) is 9.36 Å². The van der Waals surface area contributed by atoms with E-state index >= 15 is 0 Å². The van der Waals surface area contributed by atoms with Gasteiger partial charge in [-0.1, -0.05) is 62.2 Å². The molecule has 0 amide bonds. The van der Waals surface area contributed by atoms with Gasteiger partial charge in [-0.05, 0) is 18.0 Å². The molecule has 1 rings (SSSR count). The Kier molecular flexibility index (Phi) is 20.8. The molecular formula is C11H17Cl2MgN3O7S. The van der Waals surface area contributed by atoms with Crippen LogP contribution in [0.3, 0.4) is 0 Å². The number of unbranched alkanes of at least 4 members (excludes halogenated alkanes) is 5. The van der Waals surface area contributed by atoms with Crippen LogP contribution in [0.2, 0.25) is 9.36 Å². The van der Waals surface area contributed by atoms with Crippen LogP contribution in [-0.4, -0.2) is 37.2 Å². The molecule has 14 heteroatoms. The van der Waals surface area contributed by atoms with Gasteiger partial charge in [0, 0.05) is 6.54 Å². The van der Waals surface area contributed by atoms with Crippen molar-refractivity contribution >= 4 is 57.8 Å². The van der Waals surface area contributed by atoms with Crippen LogP contribution in [-0.2, 0) is 6.54 Å². The first-order valence-corrected chi connectivity index (χ1v) is 8.34. The maximum absolute atomic E-state index is 11.5. The van der Waals surface area contributed by atoms with Crippen molar-refractivity contribution in [3.63, 3.8) is 0 Å². The van der Waals surface area contributed by atoms with Gasteiger partial charge in [-0.3, -0.25) is 8.75 Å². The van der Waals surface area contributed by atoms with E-state index in [9.17, 15) is 4.79 Å². The zero-order valence-electron chi connectivity index (χ0n) is 13.5. The molecule has 1 aromatic rings. The third kappa shape index (κ3) is 19.3. The molecule has 0 bridgehead atoms. The van der Waals surface area contributed by atoms with E-state index in [0.29, 0.717) is 4.34 Å². The molecule has 0 aromatic carbocycles. The number of aromatic nitrogens is 1. The summed E-state index contributed by atoms with van der Waals surface area (Å²) in [5, 5.41) is 29.7. The minimum atomic E-state index is -1.75. The smallest absolute Gasteiger partial charge is 0.356 e. The molecule has 0 saturated heterocycles. The predicted octanol–water partition coefficient (Wildman–Crippen LogP) is 3.72. The van der Waals surface area contributed by atoms with Gasteiger partial charge >= 0.3 is 23.1 Å². The van der Waals surface area contributed by atoms with Crippen LogP contribution >= 0.6 is 34.7 Å². The van der Waals surface area contributed by atoms with Crippen molar-refractivity contribution < 1.29 is 10.2 Å². The van der Waals surface area contributed by atoms with Crippen LogP contribution < -0.4 is 5.56 Å². The fourth-order valence-electron chi connectivity index (χ4n) is 1.55. The van der Waals surface area contributed by atoms with Crippen LogP contribution in [0.15, 0.2) is 4.79 Å². The van der Waals surface area contributed by atoms with Gasteiger partial charge in [-0.2, -0.15) is 0 Å². The number of aryl methyl sites for hydroxylation is 1. The first-order chi connectivity index (χ1) is 11.1. The first-order valence-electron chi connectivity index (χ1n) is 6.81. The van der Waals surface area contributed by atoms with E-state index in [1.165, 1.54) is 43.6 Å².